The van der Waals surface area contributed by atoms with Gasteiger partial charge in [0.15, 0.2) is 0 Å². The molecule has 0 spiro atoms. The van der Waals surface area contributed by atoms with Gasteiger partial charge in [0.05, 0.1) is 0 Å². The molecule has 0 atom stereocenters. The predicted octanol–water partition coefficient (Wildman–Crippen LogP) is 6.43. The molecule has 0 heterocycles. The minimum Gasteiger partial charge on any atom is -0.113 e. The van der Waals surface area contributed by atoms with E-state index in [1.54, 1.807) is 0 Å². The van der Waals surface area contributed by atoms with Gasteiger partial charge in [-0.05, 0) is 24.7 Å². The molecule has 2 aromatic carbocycles. The minimum atomic E-state index is -2.84. The number of hydrogen-bond donors (Lipinski definition) is 0. The van der Waals surface area contributed by atoms with Crippen LogP contribution in [-0.4, -0.2) is 32.5 Å². The molecule has 0 aliphatic rings. The Morgan fingerprint density at radius 2 is 0.931 bits per heavy atom. The summed E-state index contributed by atoms with van der Waals surface area (Å²) in [6, 6.07) is 21.6. The molecule has 156 valence electrons. The molecule has 0 radical (unpaired) electrons. The largest absolute Gasteiger partial charge is 0.215 e. The number of hydrogen-bond acceptors (Lipinski definition) is 1. The Balaban J connectivity index is 3.28. The molecule has 29 heavy (non-hydrogen) atoms. The zero-order valence-electron chi connectivity index (χ0n) is 19.6. The second-order valence-electron chi connectivity index (χ2n) is 11.1. The monoisotopic (exact) mass is 455 g/mol. The Labute approximate surface area is 181 Å². The van der Waals surface area contributed by atoms with E-state index in [9.17, 15) is 5.53 Å². The molecule has 0 N–H and O–H groups in total. The fourth-order valence-corrected chi connectivity index (χ4v) is 53.4. The standard InChI is InChI=1S/C22H37N3Si4/c1-26(2,3)22(27(4,5)6,28(7,8)9)29(25-24-23,20-16-12-10-13-17-20)21-18-14-11-15-19-21/h10-19H,1-9H3. The van der Waals surface area contributed by atoms with Crippen LogP contribution >= 0.6 is 0 Å². The number of nitrogens with zero attached hydrogens (tertiary/aromatic N) is 3. The van der Waals surface area contributed by atoms with Crippen molar-refractivity contribution in [2.24, 2.45) is 4.78 Å². The topological polar surface area (TPSA) is 48.8 Å². The van der Waals surface area contributed by atoms with Gasteiger partial charge in [-0.25, -0.2) is 0 Å². The lowest BCUT2D eigenvalue weighted by atomic mass is 10.4. The number of azide groups is 1. The molecule has 0 unspecified atom stereocenters. The molecule has 7 heteroatoms. The number of rotatable bonds is 7. The molecular formula is C22H37N3Si4. The van der Waals surface area contributed by atoms with E-state index in [4.69, 9.17) is 4.78 Å². The summed E-state index contributed by atoms with van der Waals surface area (Å²) in [5, 5.41) is 2.55. The van der Waals surface area contributed by atoms with Crippen LogP contribution in [0.15, 0.2) is 65.4 Å². The van der Waals surface area contributed by atoms with E-state index in [1.807, 2.05) is 0 Å². The van der Waals surface area contributed by atoms with Crippen molar-refractivity contribution in [3.8, 4) is 0 Å². The van der Waals surface area contributed by atoms with Gasteiger partial charge in [0.1, 0.15) is 0 Å². The fraction of sp³-hybridized carbons (Fsp3) is 0.455. The summed E-state index contributed by atoms with van der Waals surface area (Å²) in [6.45, 7) is 22.8. The zero-order valence-corrected chi connectivity index (χ0v) is 23.6. The van der Waals surface area contributed by atoms with Crippen LogP contribution in [0, 0.1) is 0 Å². The molecule has 0 saturated carbocycles. The van der Waals surface area contributed by atoms with Gasteiger partial charge < -0.3 is 0 Å². The summed E-state index contributed by atoms with van der Waals surface area (Å²) in [6.07, 6.45) is 0. The Hall–Kier alpha value is -1.38. The van der Waals surface area contributed by atoms with Crippen molar-refractivity contribution < 1.29 is 0 Å². The Morgan fingerprint density at radius 1 is 0.621 bits per heavy atom. The summed E-state index contributed by atoms with van der Waals surface area (Å²) in [4.78, 5) is 3.62. The molecule has 2 aromatic rings. The van der Waals surface area contributed by atoms with Gasteiger partial charge in [-0.1, -0.05) is 120 Å². The van der Waals surface area contributed by atoms with E-state index in [1.165, 1.54) is 10.4 Å². The van der Waals surface area contributed by atoms with Gasteiger partial charge in [0, 0.05) is 24.2 Å². The van der Waals surface area contributed by atoms with Gasteiger partial charge in [-0.15, -0.1) is 4.78 Å². The van der Waals surface area contributed by atoms with Gasteiger partial charge in [0.2, 0.25) is 8.24 Å². The maximum Gasteiger partial charge on any atom is 0.215 e. The highest BCUT2D eigenvalue weighted by Gasteiger charge is 2.71. The fourth-order valence-electron chi connectivity index (χ4n) is 7.22. The third kappa shape index (κ3) is 3.63. The second-order valence-corrected chi connectivity index (χ2v) is 33.4. The molecule has 3 nitrogen and oxygen atoms in total. The average molecular weight is 456 g/mol. The van der Waals surface area contributed by atoms with E-state index in [0.717, 1.165) is 0 Å². The molecule has 2 rings (SSSR count). The molecule has 0 fully saturated rings. The van der Waals surface area contributed by atoms with E-state index < -0.39 is 32.5 Å². The predicted molar refractivity (Wildman–Crippen MR) is 140 cm³/mol. The first-order valence-corrected chi connectivity index (χ1v) is 22.9. The van der Waals surface area contributed by atoms with Gasteiger partial charge >= 0.3 is 0 Å². The van der Waals surface area contributed by atoms with E-state index in [2.05, 4.69) is 124 Å². The molecular weight excluding hydrogens is 419 g/mol. The van der Waals surface area contributed by atoms with Crippen molar-refractivity contribution in [1.29, 1.82) is 0 Å². The zero-order chi connectivity index (χ0) is 22.1. The van der Waals surface area contributed by atoms with E-state index >= 15 is 0 Å². The van der Waals surface area contributed by atoms with Crippen LogP contribution < -0.4 is 10.4 Å². The van der Waals surface area contributed by atoms with E-state index in [-0.39, 0.29) is 3.91 Å². The number of benzene rings is 2. The average Bonchev–Trinajstić information content (AvgIpc) is 2.59. The van der Waals surface area contributed by atoms with Crippen LogP contribution in [0.4, 0.5) is 0 Å². The van der Waals surface area contributed by atoms with Crippen molar-refractivity contribution in [1.82, 2.24) is 0 Å². The quantitative estimate of drug-likeness (QED) is 0.200. The molecule has 0 aliphatic heterocycles. The SMILES string of the molecule is C[Si](C)(C)C([Si](C)(C)C)([Si](C)(C)C)[Si](N=[N+]=[N-])(c1ccccc1)c1ccccc1. The first-order valence-electron chi connectivity index (χ1n) is 10.4. The summed E-state index contributed by atoms with van der Waals surface area (Å²) in [7, 11) is -8.32. The summed E-state index contributed by atoms with van der Waals surface area (Å²) in [5.74, 6) is 0. The smallest absolute Gasteiger partial charge is 0.113 e. The first-order chi connectivity index (χ1) is 13.3. The minimum absolute atomic E-state index is 0.120. The molecule has 0 bridgehead atoms. The van der Waals surface area contributed by atoms with Gasteiger partial charge in [-0.3, -0.25) is 0 Å². The molecule has 0 amide bonds. The first kappa shape index (κ1) is 23.9. The Kier molecular flexibility index (Phi) is 6.62. The third-order valence-corrected chi connectivity index (χ3v) is 40.6. The van der Waals surface area contributed by atoms with Crippen LogP contribution in [0.25, 0.3) is 10.4 Å². The highest BCUT2D eigenvalue weighted by molar-refractivity contribution is 7.35. The van der Waals surface area contributed by atoms with Crippen molar-refractivity contribution >= 4 is 42.8 Å². The highest BCUT2D eigenvalue weighted by Crippen LogP contribution is 2.59. The van der Waals surface area contributed by atoms with Crippen molar-refractivity contribution in [2.45, 2.75) is 62.8 Å². The Morgan fingerprint density at radius 3 is 1.17 bits per heavy atom. The lowest BCUT2D eigenvalue weighted by Crippen LogP contribution is -2.83. The van der Waals surface area contributed by atoms with Crippen molar-refractivity contribution in [3.05, 3.63) is 71.1 Å². The maximum absolute atomic E-state index is 10.0. The summed E-state index contributed by atoms with van der Waals surface area (Å²) < 4.78 is 5.11. The lowest BCUT2D eigenvalue weighted by molar-refractivity contribution is 1.17. The second kappa shape index (κ2) is 8.04. The molecule has 0 aromatic heterocycles. The lowest BCUT2D eigenvalue weighted by Gasteiger charge is -2.66. The van der Waals surface area contributed by atoms with Crippen molar-refractivity contribution in [3.63, 3.8) is 0 Å². The maximum atomic E-state index is 10.0. The van der Waals surface area contributed by atoms with Gasteiger partial charge in [-0.2, -0.15) is 0 Å². The third-order valence-electron chi connectivity index (χ3n) is 6.50. The molecule has 0 aliphatic carbocycles. The summed E-state index contributed by atoms with van der Waals surface area (Å²) in [5.41, 5.74) is 10.0. The van der Waals surface area contributed by atoms with E-state index in [0.29, 0.717) is 0 Å². The Bertz CT molecular complexity index is 797. The summed E-state index contributed by atoms with van der Waals surface area (Å²) >= 11 is 0. The highest BCUT2D eigenvalue weighted by atomic mass is 28.5. The van der Waals surface area contributed by atoms with Crippen LogP contribution in [-0.2, 0) is 0 Å². The van der Waals surface area contributed by atoms with Crippen LogP contribution in [0.2, 0.25) is 62.8 Å². The van der Waals surface area contributed by atoms with Gasteiger partial charge in [0.25, 0.3) is 0 Å². The molecule has 0 saturated heterocycles. The normalized spacial score (nSPS) is 13.7. The van der Waals surface area contributed by atoms with Crippen LogP contribution in [0.5, 0.6) is 0 Å². The van der Waals surface area contributed by atoms with Crippen molar-refractivity contribution in [2.75, 3.05) is 0 Å². The van der Waals surface area contributed by atoms with Crippen LogP contribution in [0.3, 0.4) is 0 Å². The van der Waals surface area contributed by atoms with Crippen LogP contribution in [0.1, 0.15) is 0 Å².